The van der Waals surface area contributed by atoms with Crippen LogP contribution in [-0.2, 0) is 0 Å². The number of piperidine rings is 1. The summed E-state index contributed by atoms with van der Waals surface area (Å²) in [5.74, 6) is 0.737. The van der Waals surface area contributed by atoms with Crippen molar-refractivity contribution in [3.05, 3.63) is 33.8 Å². The lowest BCUT2D eigenvalue weighted by molar-refractivity contribution is -0.0692. The first-order valence-corrected chi connectivity index (χ1v) is 10.1. The fourth-order valence-corrected chi connectivity index (χ4v) is 5.02. The average Bonchev–Trinajstić information content (AvgIpc) is 3.25. The van der Waals surface area contributed by atoms with E-state index in [4.69, 9.17) is 17.3 Å². The topological polar surface area (TPSA) is 137 Å². The summed E-state index contributed by atoms with van der Waals surface area (Å²) in [6.45, 7) is 1.52. The maximum absolute atomic E-state index is 11.8. The van der Waals surface area contributed by atoms with Gasteiger partial charge >= 0.3 is 0 Å². The predicted octanol–water partition coefficient (Wildman–Crippen LogP) is 1.78. The molecule has 2 fully saturated rings. The van der Waals surface area contributed by atoms with Crippen molar-refractivity contribution in [3.8, 4) is 11.3 Å². The largest absolute Gasteiger partial charge is 0.376 e. The molecule has 9 nitrogen and oxygen atoms in total. The Morgan fingerprint density at radius 1 is 1.24 bits per heavy atom. The van der Waals surface area contributed by atoms with Crippen LogP contribution >= 0.6 is 11.6 Å². The number of nitrogens with two attached hydrogens (primary N) is 1. The van der Waals surface area contributed by atoms with Crippen LogP contribution in [0.3, 0.4) is 0 Å². The molecule has 29 heavy (non-hydrogen) atoms. The van der Waals surface area contributed by atoms with Gasteiger partial charge in [0.15, 0.2) is 0 Å². The number of aromatic amines is 2. The van der Waals surface area contributed by atoms with E-state index >= 15 is 0 Å². The number of H-pyrrole nitrogens is 2. The SMILES string of the molecule is NC1(O)CCCC12CCN(c1cnc3c(-c4cc[nH]c(=O)c4Cl)[nH]nc3n1)CC2. The summed E-state index contributed by atoms with van der Waals surface area (Å²) in [7, 11) is 0. The third-order valence-corrected chi connectivity index (χ3v) is 6.97. The zero-order chi connectivity index (χ0) is 20.2. The lowest BCUT2D eigenvalue weighted by Crippen LogP contribution is -2.56. The van der Waals surface area contributed by atoms with Gasteiger partial charge in [-0.05, 0) is 38.2 Å². The van der Waals surface area contributed by atoms with Gasteiger partial charge in [0, 0.05) is 30.3 Å². The van der Waals surface area contributed by atoms with Crippen LogP contribution in [0.4, 0.5) is 5.82 Å². The highest BCUT2D eigenvalue weighted by Crippen LogP contribution is 2.50. The molecule has 5 rings (SSSR count). The molecule has 1 spiro atoms. The van der Waals surface area contributed by atoms with Crippen LogP contribution in [0, 0.1) is 5.41 Å². The van der Waals surface area contributed by atoms with Crippen molar-refractivity contribution >= 4 is 28.6 Å². The number of anilines is 1. The lowest BCUT2D eigenvalue weighted by atomic mass is 9.72. The van der Waals surface area contributed by atoms with E-state index in [1.165, 1.54) is 6.20 Å². The van der Waals surface area contributed by atoms with Crippen LogP contribution in [0.1, 0.15) is 32.1 Å². The van der Waals surface area contributed by atoms with Crippen LogP contribution in [0.25, 0.3) is 22.4 Å². The molecular formula is C19H22ClN7O2. The first-order chi connectivity index (χ1) is 13.9. The molecule has 2 aliphatic rings. The van der Waals surface area contributed by atoms with Gasteiger partial charge in [-0.1, -0.05) is 11.6 Å². The summed E-state index contributed by atoms with van der Waals surface area (Å²) in [6.07, 6.45) is 7.51. The minimum atomic E-state index is -1.07. The zero-order valence-electron chi connectivity index (χ0n) is 15.8. The van der Waals surface area contributed by atoms with Gasteiger partial charge in [0.1, 0.15) is 22.1 Å². The van der Waals surface area contributed by atoms with E-state index in [9.17, 15) is 9.90 Å². The highest BCUT2D eigenvalue weighted by atomic mass is 35.5. The minimum Gasteiger partial charge on any atom is -0.376 e. The smallest absolute Gasteiger partial charge is 0.267 e. The number of halogens is 1. The summed E-state index contributed by atoms with van der Waals surface area (Å²) in [5.41, 5.74) is 6.66. The number of nitrogens with zero attached hydrogens (tertiary/aromatic N) is 4. The Bertz CT molecular complexity index is 1130. The lowest BCUT2D eigenvalue weighted by Gasteiger charge is -2.46. The van der Waals surface area contributed by atoms with E-state index in [2.05, 4.69) is 30.0 Å². The number of hydrogen-bond donors (Lipinski definition) is 4. The number of hydrogen-bond acceptors (Lipinski definition) is 7. The Hall–Kier alpha value is -2.49. The molecule has 0 radical (unpaired) electrons. The van der Waals surface area contributed by atoms with Crippen LogP contribution in [0.15, 0.2) is 23.3 Å². The molecule has 3 aromatic rings. The third kappa shape index (κ3) is 2.84. The second kappa shape index (κ2) is 6.51. The molecule has 4 heterocycles. The quantitative estimate of drug-likeness (QED) is 0.468. The van der Waals surface area contributed by atoms with Crippen molar-refractivity contribution in [1.29, 1.82) is 0 Å². The number of pyridine rings is 1. The van der Waals surface area contributed by atoms with Crippen molar-refractivity contribution in [3.63, 3.8) is 0 Å². The predicted molar refractivity (Wildman–Crippen MR) is 110 cm³/mol. The van der Waals surface area contributed by atoms with Crippen molar-refractivity contribution < 1.29 is 5.11 Å². The summed E-state index contributed by atoms with van der Waals surface area (Å²) < 4.78 is 0. The normalized spacial score (nSPS) is 23.9. The molecule has 5 N–H and O–H groups in total. The van der Waals surface area contributed by atoms with E-state index in [1.807, 2.05) is 0 Å². The van der Waals surface area contributed by atoms with E-state index < -0.39 is 5.72 Å². The summed E-state index contributed by atoms with van der Waals surface area (Å²) in [5, 5.41) is 17.8. The van der Waals surface area contributed by atoms with E-state index in [-0.39, 0.29) is 16.0 Å². The highest BCUT2D eigenvalue weighted by molar-refractivity contribution is 6.33. The summed E-state index contributed by atoms with van der Waals surface area (Å²) in [6, 6.07) is 1.70. The Labute approximate surface area is 171 Å². The van der Waals surface area contributed by atoms with Crippen molar-refractivity contribution in [2.75, 3.05) is 18.0 Å². The number of aliphatic hydroxyl groups is 1. The number of fused-ring (bicyclic) bond motifs is 1. The van der Waals surface area contributed by atoms with Crippen molar-refractivity contribution in [2.45, 2.75) is 37.8 Å². The van der Waals surface area contributed by atoms with Gasteiger partial charge in [0.05, 0.1) is 11.9 Å². The van der Waals surface area contributed by atoms with Gasteiger partial charge in [-0.15, -0.1) is 0 Å². The molecule has 1 saturated heterocycles. The monoisotopic (exact) mass is 415 g/mol. The molecule has 3 aromatic heterocycles. The van der Waals surface area contributed by atoms with Gasteiger partial charge in [-0.3, -0.25) is 9.89 Å². The molecule has 0 bridgehead atoms. The first-order valence-electron chi connectivity index (χ1n) is 9.75. The maximum atomic E-state index is 11.8. The van der Waals surface area contributed by atoms with Crippen LogP contribution in [0.5, 0.6) is 0 Å². The van der Waals surface area contributed by atoms with E-state index in [0.717, 1.165) is 44.6 Å². The third-order valence-electron chi connectivity index (χ3n) is 6.60. The van der Waals surface area contributed by atoms with Crippen molar-refractivity contribution in [1.82, 2.24) is 25.1 Å². The standard InChI is InChI=1S/C19H22ClN7O2/c20-13-11(2-7-22-17(13)28)14-15-16(26-25-14)24-12(10-23-15)27-8-5-18(6-9-27)3-1-4-19(18,21)29/h2,7,10,29H,1,3-6,8-9,21H2,(H,22,28)(H,24,25,26). The summed E-state index contributed by atoms with van der Waals surface area (Å²) in [4.78, 5) is 25.7. The number of aromatic nitrogens is 5. The number of nitrogens with one attached hydrogen (secondary N) is 2. The summed E-state index contributed by atoms with van der Waals surface area (Å²) >= 11 is 6.14. The van der Waals surface area contributed by atoms with Crippen LogP contribution < -0.4 is 16.2 Å². The molecule has 152 valence electrons. The molecule has 0 aromatic carbocycles. The molecule has 1 unspecified atom stereocenters. The van der Waals surface area contributed by atoms with Gasteiger partial charge in [0.25, 0.3) is 5.56 Å². The first kappa shape index (κ1) is 18.5. The number of rotatable bonds is 2. The highest BCUT2D eigenvalue weighted by Gasteiger charge is 2.52. The molecule has 0 amide bonds. The maximum Gasteiger partial charge on any atom is 0.267 e. The fourth-order valence-electron chi connectivity index (χ4n) is 4.80. The molecule has 1 aliphatic carbocycles. The molecule has 1 atom stereocenters. The van der Waals surface area contributed by atoms with E-state index in [0.29, 0.717) is 28.8 Å². The van der Waals surface area contributed by atoms with Crippen LogP contribution in [-0.4, -0.2) is 49.1 Å². The van der Waals surface area contributed by atoms with E-state index in [1.54, 1.807) is 12.3 Å². The zero-order valence-corrected chi connectivity index (χ0v) is 16.5. The molecule has 1 saturated carbocycles. The van der Waals surface area contributed by atoms with Crippen molar-refractivity contribution in [2.24, 2.45) is 11.1 Å². The molecule has 10 heteroatoms. The second-order valence-corrected chi connectivity index (χ2v) is 8.46. The fraction of sp³-hybridized carbons (Fsp3) is 0.474. The Kier molecular flexibility index (Phi) is 4.16. The molecule has 1 aliphatic heterocycles. The van der Waals surface area contributed by atoms with Gasteiger partial charge in [-0.2, -0.15) is 5.10 Å². The Balaban J connectivity index is 1.42. The van der Waals surface area contributed by atoms with Gasteiger partial charge in [-0.25, -0.2) is 9.97 Å². The Morgan fingerprint density at radius 3 is 2.76 bits per heavy atom. The van der Waals surface area contributed by atoms with Gasteiger partial charge < -0.3 is 20.7 Å². The average molecular weight is 416 g/mol. The van der Waals surface area contributed by atoms with Gasteiger partial charge in [0.2, 0.25) is 5.65 Å². The molecular weight excluding hydrogens is 394 g/mol. The second-order valence-electron chi connectivity index (χ2n) is 8.08. The van der Waals surface area contributed by atoms with Crippen LogP contribution in [0.2, 0.25) is 5.02 Å². The Morgan fingerprint density at radius 2 is 2.03 bits per heavy atom. The minimum absolute atomic E-state index is 0.0797.